The highest BCUT2D eigenvalue weighted by atomic mass is 31.0. The summed E-state index contributed by atoms with van der Waals surface area (Å²) in [5, 5.41) is 1.33. The molecule has 5 unspecified atom stereocenters. The minimum Gasteiger partial charge on any atom is -0.130 e. The summed E-state index contributed by atoms with van der Waals surface area (Å²) in [6.07, 6.45) is 36.1. The number of hydrogen-bond donors (Lipinski definition) is 0. The lowest BCUT2D eigenvalue weighted by atomic mass is 9.51. The highest BCUT2D eigenvalue weighted by Gasteiger charge is 2.63. The van der Waals surface area contributed by atoms with Gasteiger partial charge in [0.05, 0.1) is 0 Å². The van der Waals surface area contributed by atoms with Crippen LogP contribution in [0.5, 0.6) is 0 Å². The molecule has 0 aromatic carbocycles. The molecule has 5 fully saturated rings. The quantitative estimate of drug-likeness (QED) is 0.296. The van der Waals surface area contributed by atoms with Crippen LogP contribution in [0.4, 0.5) is 0 Å². The molecule has 35 heavy (non-hydrogen) atoms. The second-order valence-corrected chi connectivity index (χ2v) is 17.1. The third kappa shape index (κ3) is 5.25. The van der Waals surface area contributed by atoms with Crippen LogP contribution in [0.15, 0.2) is 0 Å². The highest BCUT2D eigenvalue weighted by molar-refractivity contribution is 7.25. The van der Waals surface area contributed by atoms with Gasteiger partial charge in [-0.3, -0.25) is 0 Å². The molecule has 0 nitrogen and oxygen atoms in total. The first kappa shape index (κ1) is 27.8. The highest BCUT2D eigenvalue weighted by Crippen LogP contribution is 2.68. The maximum Gasteiger partial charge on any atom is -0.0000625 e. The third-order valence-electron chi connectivity index (χ3n) is 12.6. The SMILES string of the molecule is PC(C1CCCCC1)(C1CCCCC1)C1CCCCC1(P)C(P)(C1CCCCC1)C1CCCCC1. The van der Waals surface area contributed by atoms with Gasteiger partial charge >= 0.3 is 0 Å². The van der Waals surface area contributed by atoms with Gasteiger partial charge in [-0.15, -0.1) is 27.7 Å². The summed E-state index contributed by atoms with van der Waals surface area (Å²) in [5.74, 6) is 4.67. The van der Waals surface area contributed by atoms with Crippen LogP contribution in [0.2, 0.25) is 0 Å². The maximum atomic E-state index is 3.79. The molecule has 0 spiro atoms. The average molecular weight is 537 g/mol. The van der Waals surface area contributed by atoms with Gasteiger partial charge in [-0.1, -0.05) is 89.9 Å². The van der Waals surface area contributed by atoms with E-state index in [1.165, 1.54) is 154 Å². The van der Waals surface area contributed by atoms with E-state index in [-0.39, 0.29) is 0 Å². The van der Waals surface area contributed by atoms with Gasteiger partial charge in [0.2, 0.25) is 0 Å². The smallest absolute Gasteiger partial charge is 0.0000625 e. The van der Waals surface area contributed by atoms with Crippen LogP contribution in [0.3, 0.4) is 0 Å². The van der Waals surface area contributed by atoms with Crippen LogP contribution in [0.1, 0.15) is 154 Å². The van der Waals surface area contributed by atoms with Gasteiger partial charge in [-0.05, 0) is 109 Å². The second kappa shape index (κ2) is 12.2. The topological polar surface area (TPSA) is 0 Å². The summed E-state index contributed by atoms with van der Waals surface area (Å²) in [5.41, 5.74) is 0. The molecule has 0 aromatic heterocycles. The predicted molar refractivity (Wildman–Crippen MR) is 166 cm³/mol. The first-order chi connectivity index (χ1) is 17.0. The van der Waals surface area contributed by atoms with Gasteiger partial charge in [-0.2, -0.15) is 0 Å². The third-order valence-corrected chi connectivity index (χ3v) is 16.9. The van der Waals surface area contributed by atoms with Crippen LogP contribution < -0.4 is 0 Å². The minimum absolute atomic E-state index is 0.413. The van der Waals surface area contributed by atoms with Gasteiger partial charge in [-0.25, -0.2) is 0 Å². The average Bonchev–Trinajstić information content (AvgIpc) is 2.94. The Labute approximate surface area is 226 Å². The lowest BCUT2D eigenvalue weighted by molar-refractivity contribution is 0.0252. The van der Waals surface area contributed by atoms with Crippen molar-refractivity contribution in [1.29, 1.82) is 0 Å². The van der Waals surface area contributed by atoms with Crippen molar-refractivity contribution in [1.82, 2.24) is 0 Å². The van der Waals surface area contributed by atoms with E-state index in [4.69, 9.17) is 0 Å². The normalized spacial score (nSPS) is 34.2. The molecule has 0 bridgehead atoms. The van der Waals surface area contributed by atoms with Crippen molar-refractivity contribution in [2.45, 2.75) is 170 Å². The second-order valence-electron chi connectivity index (χ2n) is 14.1. The molecule has 0 saturated heterocycles. The summed E-state index contributed by atoms with van der Waals surface area (Å²) in [6.45, 7) is 0. The van der Waals surface area contributed by atoms with Gasteiger partial charge in [0.25, 0.3) is 0 Å². The van der Waals surface area contributed by atoms with E-state index in [1.54, 1.807) is 0 Å². The number of hydrogen-bond acceptors (Lipinski definition) is 0. The standard InChI is InChI=1S/C32H59P3/c33-30(32(35,27-19-9-3-10-20-27)28-21-11-4-12-22-28)24-14-13-23-29(30)31(34,25-15-5-1-6-16-25)26-17-7-2-8-18-26/h25-29H,1-24,33-35H2. The molecule has 5 saturated carbocycles. The van der Waals surface area contributed by atoms with Crippen molar-refractivity contribution in [3.05, 3.63) is 0 Å². The summed E-state index contributed by atoms with van der Waals surface area (Å²) in [7, 11) is 11.3. The molecule has 0 amide bonds. The van der Waals surface area contributed by atoms with Crippen LogP contribution in [0, 0.1) is 29.6 Å². The van der Waals surface area contributed by atoms with Gasteiger partial charge in [0.15, 0.2) is 0 Å². The van der Waals surface area contributed by atoms with Crippen molar-refractivity contribution in [3.63, 3.8) is 0 Å². The Bertz CT molecular complexity index is 616. The zero-order valence-corrected chi connectivity index (χ0v) is 26.6. The van der Waals surface area contributed by atoms with Crippen molar-refractivity contribution in [2.24, 2.45) is 29.6 Å². The Morgan fingerprint density at radius 2 is 0.771 bits per heavy atom. The molecule has 0 N–H and O–H groups in total. The fourth-order valence-electron chi connectivity index (χ4n) is 10.8. The van der Waals surface area contributed by atoms with Crippen molar-refractivity contribution in [3.8, 4) is 0 Å². The molecule has 3 heteroatoms. The molecule has 5 rings (SSSR count). The van der Waals surface area contributed by atoms with Crippen molar-refractivity contribution >= 4 is 27.7 Å². The van der Waals surface area contributed by atoms with Gasteiger partial charge in [0.1, 0.15) is 0 Å². The van der Waals surface area contributed by atoms with E-state index >= 15 is 0 Å². The van der Waals surface area contributed by atoms with E-state index in [1.807, 2.05) is 0 Å². The Hall–Kier alpha value is 1.29. The number of rotatable bonds is 6. The van der Waals surface area contributed by atoms with Crippen LogP contribution in [0.25, 0.3) is 0 Å². The minimum atomic E-state index is 0.413. The molecule has 0 aromatic rings. The van der Waals surface area contributed by atoms with Gasteiger partial charge < -0.3 is 0 Å². The van der Waals surface area contributed by atoms with E-state index in [0.29, 0.717) is 15.5 Å². The molecule has 0 aliphatic heterocycles. The van der Waals surface area contributed by atoms with Crippen LogP contribution >= 0.6 is 27.7 Å². The molecule has 5 aliphatic rings. The van der Waals surface area contributed by atoms with E-state index in [2.05, 4.69) is 27.7 Å². The van der Waals surface area contributed by atoms with Gasteiger partial charge in [0, 0.05) is 0 Å². The molecule has 202 valence electrons. The zero-order valence-electron chi connectivity index (χ0n) is 23.1. The Balaban J connectivity index is 1.58. The molecule has 5 aliphatic carbocycles. The van der Waals surface area contributed by atoms with Crippen LogP contribution in [-0.4, -0.2) is 15.5 Å². The molecule has 5 atom stereocenters. The fraction of sp³-hybridized carbons (Fsp3) is 1.00. The molecular formula is C32H59P3. The monoisotopic (exact) mass is 536 g/mol. The Morgan fingerprint density at radius 3 is 1.17 bits per heavy atom. The van der Waals surface area contributed by atoms with Crippen molar-refractivity contribution in [2.75, 3.05) is 0 Å². The first-order valence-electron chi connectivity index (χ1n) is 16.4. The Morgan fingerprint density at radius 1 is 0.429 bits per heavy atom. The largest absolute Gasteiger partial charge is 0.130 e. The van der Waals surface area contributed by atoms with E-state index in [0.717, 1.165) is 29.6 Å². The summed E-state index contributed by atoms with van der Waals surface area (Å²) >= 11 is 0. The summed E-state index contributed by atoms with van der Waals surface area (Å²) in [4.78, 5) is 0. The lowest BCUT2D eigenvalue weighted by Crippen LogP contribution is -2.66. The summed E-state index contributed by atoms with van der Waals surface area (Å²) < 4.78 is 0. The predicted octanol–water partition coefficient (Wildman–Crippen LogP) is 10.3. The van der Waals surface area contributed by atoms with E-state index in [9.17, 15) is 0 Å². The lowest BCUT2D eigenvalue weighted by Gasteiger charge is -2.66. The Kier molecular flexibility index (Phi) is 9.71. The zero-order chi connectivity index (χ0) is 24.4. The fourth-order valence-corrected chi connectivity index (χ4v) is 14.2. The first-order valence-corrected chi connectivity index (χ1v) is 18.1. The summed E-state index contributed by atoms with van der Waals surface area (Å²) in [6, 6.07) is 0. The maximum absolute atomic E-state index is 3.79. The molecule has 0 heterocycles. The molecule has 0 radical (unpaired) electrons. The molecular weight excluding hydrogens is 477 g/mol. The van der Waals surface area contributed by atoms with Crippen LogP contribution in [-0.2, 0) is 0 Å². The van der Waals surface area contributed by atoms with Crippen molar-refractivity contribution < 1.29 is 0 Å². The van der Waals surface area contributed by atoms with E-state index < -0.39 is 0 Å².